The number of hydrogen-bond donors (Lipinski definition) is 2. The van der Waals surface area contributed by atoms with Crippen molar-refractivity contribution in [2.24, 2.45) is 5.41 Å². The zero-order valence-electron chi connectivity index (χ0n) is 14.0. The second-order valence-corrected chi connectivity index (χ2v) is 6.61. The predicted octanol–water partition coefficient (Wildman–Crippen LogP) is 1.83. The van der Waals surface area contributed by atoms with Crippen molar-refractivity contribution in [2.75, 3.05) is 20.3 Å². The van der Waals surface area contributed by atoms with Crippen LogP contribution in [-0.4, -0.2) is 32.1 Å². The molecule has 0 saturated heterocycles. The fourth-order valence-electron chi connectivity index (χ4n) is 2.06. The summed E-state index contributed by atoms with van der Waals surface area (Å²) in [7, 11) is 1.59. The summed E-state index contributed by atoms with van der Waals surface area (Å²) >= 11 is 0. The van der Waals surface area contributed by atoms with Gasteiger partial charge in [-0.15, -0.1) is 0 Å². The van der Waals surface area contributed by atoms with Gasteiger partial charge in [-0.1, -0.05) is 51.1 Å². The molecule has 2 amide bonds. The highest BCUT2D eigenvalue weighted by Crippen LogP contribution is 2.20. The van der Waals surface area contributed by atoms with Crippen molar-refractivity contribution in [3.8, 4) is 0 Å². The van der Waals surface area contributed by atoms with E-state index in [4.69, 9.17) is 4.74 Å². The highest BCUT2D eigenvalue weighted by atomic mass is 16.5. The van der Waals surface area contributed by atoms with Crippen LogP contribution < -0.4 is 10.6 Å². The lowest BCUT2D eigenvalue weighted by Crippen LogP contribution is -2.51. The molecule has 0 spiro atoms. The van der Waals surface area contributed by atoms with Crippen LogP contribution in [-0.2, 0) is 19.9 Å². The predicted molar refractivity (Wildman–Crippen MR) is 86.3 cm³/mol. The van der Waals surface area contributed by atoms with E-state index in [1.807, 2.05) is 37.3 Å². The average Bonchev–Trinajstić information content (AvgIpc) is 2.45. The van der Waals surface area contributed by atoms with Gasteiger partial charge in [-0.25, -0.2) is 0 Å². The lowest BCUT2D eigenvalue weighted by Gasteiger charge is -2.31. The maximum absolute atomic E-state index is 12.2. The average molecular weight is 306 g/mol. The summed E-state index contributed by atoms with van der Waals surface area (Å²) in [5.74, 6) is -0.406. The largest absolute Gasteiger partial charge is 0.382 e. The number of benzene rings is 1. The third-order valence-corrected chi connectivity index (χ3v) is 3.35. The molecule has 0 aliphatic carbocycles. The Kier molecular flexibility index (Phi) is 6.11. The van der Waals surface area contributed by atoms with Crippen molar-refractivity contribution in [2.45, 2.75) is 33.2 Å². The minimum atomic E-state index is -0.639. The van der Waals surface area contributed by atoms with Gasteiger partial charge in [0.15, 0.2) is 0 Å². The van der Waals surface area contributed by atoms with Crippen LogP contribution in [0.25, 0.3) is 0 Å². The first kappa shape index (κ1) is 18.2. The highest BCUT2D eigenvalue weighted by molar-refractivity contribution is 5.87. The normalized spacial score (nSPS) is 14.0. The molecule has 0 saturated carbocycles. The van der Waals surface area contributed by atoms with Gasteiger partial charge in [0.05, 0.1) is 18.7 Å². The topological polar surface area (TPSA) is 67.4 Å². The van der Waals surface area contributed by atoms with Crippen molar-refractivity contribution in [3.63, 3.8) is 0 Å². The Morgan fingerprint density at radius 2 is 1.68 bits per heavy atom. The van der Waals surface area contributed by atoms with E-state index < -0.39 is 11.0 Å². The summed E-state index contributed by atoms with van der Waals surface area (Å²) in [6.07, 6.45) is 0. The lowest BCUT2D eigenvalue weighted by molar-refractivity contribution is -0.131. The fraction of sp³-hybridized carbons (Fsp3) is 0.529. The summed E-state index contributed by atoms with van der Waals surface area (Å²) in [6.45, 7) is 7.60. The first-order chi connectivity index (χ1) is 10.2. The second kappa shape index (κ2) is 7.40. The van der Waals surface area contributed by atoms with Crippen molar-refractivity contribution in [1.29, 1.82) is 0 Å². The molecule has 0 aromatic heterocycles. The number of carbonyl (C=O) groups is 2. The minimum Gasteiger partial charge on any atom is -0.382 e. The highest BCUT2D eigenvalue weighted by Gasteiger charge is 2.29. The SMILES string of the molecule is COC[C@](C)(NC(=O)CNC(=O)C(C)(C)C)c1ccccc1. The van der Waals surface area contributed by atoms with Crippen LogP contribution >= 0.6 is 0 Å². The van der Waals surface area contributed by atoms with Crippen LogP contribution in [0.2, 0.25) is 0 Å². The Bertz CT molecular complexity index is 508. The smallest absolute Gasteiger partial charge is 0.240 e. The molecule has 0 aliphatic heterocycles. The van der Waals surface area contributed by atoms with Crippen LogP contribution in [0.4, 0.5) is 0 Å². The summed E-state index contributed by atoms with van der Waals surface area (Å²) in [4.78, 5) is 24.0. The molecular weight excluding hydrogens is 280 g/mol. The van der Waals surface area contributed by atoms with E-state index in [0.717, 1.165) is 5.56 Å². The number of hydrogen-bond acceptors (Lipinski definition) is 3. The number of ether oxygens (including phenoxy) is 1. The zero-order chi connectivity index (χ0) is 16.8. The monoisotopic (exact) mass is 306 g/mol. The fourth-order valence-corrected chi connectivity index (χ4v) is 2.06. The van der Waals surface area contributed by atoms with Gasteiger partial charge in [0.25, 0.3) is 0 Å². The first-order valence-corrected chi connectivity index (χ1v) is 7.33. The molecule has 0 fully saturated rings. The minimum absolute atomic E-state index is 0.0533. The molecular formula is C17H26N2O3. The van der Waals surface area contributed by atoms with Crippen LogP contribution in [0.5, 0.6) is 0 Å². The number of rotatable bonds is 6. The number of amides is 2. The molecule has 5 heteroatoms. The van der Waals surface area contributed by atoms with E-state index in [0.29, 0.717) is 6.61 Å². The molecule has 1 aromatic rings. The van der Waals surface area contributed by atoms with Crippen LogP contribution in [0.1, 0.15) is 33.3 Å². The van der Waals surface area contributed by atoms with Gasteiger partial charge in [-0.3, -0.25) is 9.59 Å². The maximum Gasteiger partial charge on any atom is 0.240 e. The maximum atomic E-state index is 12.2. The van der Waals surface area contributed by atoms with E-state index in [-0.39, 0.29) is 18.4 Å². The Morgan fingerprint density at radius 1 is 1.09 bits per heavy atom. The van der Waals surface area contributed by atoms with Gasteiger partial charge in [-0.05, 0) is 12.5 Å². The quantitative estimate of drug-likeness (QED) is 0.842. The van der Waals surface area contributed by atoms with Gasteiger partial charge in [0, 0.05) is 12.5 Å². The third-order valence-electron chi connectivity index (χ3n) is 3.35. The second-order valence-electron chi connectivity index (χ2n) is 6.61. The molecule has 122 valence electrons. The molecule has 0 bridgehead atoms. The van der Waals surface area contributed by atoms with Crippen molar-refractivity contribution >= 4 is 11.8 Å². The van der Waals surface area contributed by atoms with Crippen LogP contribution in [0.15, 0.2) is 30.3 Å². The van der Waals surface area contributed by atoms with E-state index in [1.165, 1.54) is 0 Å². The molecule has 0 aliphatic rings. The summed E-state index contributed by atoms with van der Waals surface area (Å²) in [5.41, 5.74) is -0.206. The van der Waals surface area contributed by atoms with Crippen molar-refractivity contribution < 1.29 is 14.3 Å². The molecule has 1 atom stereocenters. The Hall–Kier alpha value is -1.88. The molecule has 0 radical (unpaired) electrons. The van der Waals surface area contributed by atoms with E-state index in [1.54, 1.807) is 27.9 Å². The Balaban J connectivity index is 2.72. The standard InChI is InChI=1S/C17H26N2O3/c1-16(2,3)15(21)18-11-14(20)19-17(4,12-22-5)13-9-7-6-8-10-13/h6-10H,11-12H2,1-5H3,(H,18,21)(H,19,20)/t17-/m0/s1. The molecule has 2 N–H and O–H groups in total. The van der Waals surface area contributed by atoms with E-state index >= 15 is 0 Å². The molecule has 1 aromatic carbocycles. The van der Waals surface area contributed by atoms with Gasteiger partial charge in [-0.2, -0.15) is 0 Å². The summed E-state index contributed by atoms with van der Waals surface area (Å²) < 4.78 is 5.24. The van der Waals surface area contributed by atoms with Gasteiger partial charge < -0.3 is 15.4 Å². The Morgan fingerprint density at radius 3 is 2.18 bits per heavy atom. The van der Waals surface area contributed by atoms with Crippen LogP contribution in [0.3, 0.4) is 0 Å². The number of methoxy groups -OCH3 is 1. The van der Waals surface area contributed by atoms with Gasteiger partial charge >= 0.3 is 0 Å². The zero-order valence-corrected chi connectivity index (χ0v) is 14.0. The Labute approximate surface area is 132 Å². The molecule has 1 rings (SSSR count). The first-order valence-electron chi connectivity index (χ1n) is 7.33. The van der Waals surface area contributed by atoms with Crippen molar-refractivity contribution in [1.82, 2.24) is 10.6 Å². The van der Waals surface area contributed by atoms with Crippen molar-refractivity contribution in [3.05, 3.63) is 35.9 Å². The van der Waals surface area contributed by atoms with E-state index in [9.17, 15) is 9.59 Å². The number of carbonyl (C=O) groups excluding carboxylic acids is 2. The third kappa shape index (κ3) is 5.15. The molecule has 0 heterocycles. The lowest BCUT2D eigenvalue weighted by atomic mass is 9.92. The summed E-state index contributed by atoms with van der Waals surface area (Å²) in [5, 5.41) is 5.59. The molecule has 22 heavy (non-hydrogen) atoms. The molecule has 0 unspecified atom stereocenters. The van der Waals surface area contributed by atoms with E-state index in [2.05, 4.69) is 10.6 Å². The molecule has 5 nitrogen and oxygen atoms in total. The van der Waals surface area contributed by atoms with Gasteiger partial charge in [0.2, 0.25) is 11.8 Å². The summed E-state index contributed by atoms with van der Waals surface area (Å²) in [6, 6.07) is 9.62. The van der Waals surface area contributed by atoms with Gasteiger partial charge in [0.1, 0.15) is 0 Å². The number of nitrogens with one attached hydrogen (secondary N) is 2. The van der Waals surface area contributed by atoms with Crippen LogP contribution in [0, 0.1) is 5.41 Å².